The average Bonchev–Trinajstić information content (AvgIpc) is 3.07. The molecule has 0 N–H and O–H groups in total. The number of benzene rings is 1. The van der Waals surface area contributed by atoms with E-state index in [4.69, 9.17) is 0 Å². The van der Waals surface area contributed by atoms with Gasteiger partial charge in [-0.1, -0.05) is 6.92 Å². The van der Waals surface area contributed by atoms with Crippen LogP contribution in [0, 0.1) is 5.82 Å². The molecule has 0 saturated carbocycles. The van der Waals surface area contributed by atoms with E-state index in [1.54, 1.807) is 4.31 Å². The van der Waals surface area contributed by atoms with Crippen molar-refractivity contribution in [1.82, 2.24) is 19.1 Å². The summed E-state index contributed by atoms with van der Waals surface area (Å²) < 4.78 is 43.0. The van der Waals surface area contributed by atoms with Gasteiger partial charge in [-0.2, -0.15) is 4.31 Å². The Kier molecular flexibility index (Phi) is 3.69. The van der Waals surface area contributed by atoms with Crippen LogP contribution in [0.25, 0.3) is 0 Å². The van der Waals surface area contributed by atoms with Gasteiger partial charge in [-0.3, -0.25) is 0 Å². The molecule has 2 unspecified atom stereocenters. The topological polar surface area (TPSA) is 68.1 Å². The zero-order chi connectivity index (χ0) is 16.9. The molecule has 0 radical (unpaired) electrons. The molecule has 1 aromatic carbocycles. The van der Waals surface area contributed by atoms with Crippen molar-refractivity contribution in [3.8, 4) is 0 Å². The van der Waals surface area contributed by atoms with Crippen molar-refractivity contribution in [3.63, 3.8) is 0 Å². The molecule has 0 spiro atoms. The summed E-state index contributed by atoms with van der Waals surface area (Å²) in [7, 11) is -3.65. The molecule has 128 valence electrons. The lowest BCUT2D eigenvalue weighted by atomic mass is 10.1. The lowest BCUT2D eigenvalue weighted by molar-refractivity contribution is 0.314. The van der Waals surface area contributed by atoms with E-state index in [0.29, 0.717) is 13.0 Å². The second kappa shape index (κ2) is 5.63. The smallest absolute Gasteiger partial charge is 0.243 e. The van der Waals surface area contributed by atoms with Crippen molar-refractivity contribution in [1.29, 1.82) is 0 Å². The first kappa shape index (κ1) is 15.7. The normalized spacial score (nSPS) is 23.9. The first-order valence-corrected chi connectivity index (χ1v) is 9.64. The van der Waals surface area contributed by atoms with Gasteiger partial charge in [0.05, 0.1) is 4.90 Å². The minimum absolute atomic E-state index is 0.104. The highest BCUT2D eigenvalue weighted by Gasteiger charge is 2.45. The highest BCUT2D eigenvalue weighted by atomic mass is 32.2. The van der Waals surface area contributed by atoms with Crippen LogP contribution in [-0.2, 0) is 29.4 Å². The maximum atomic E-state index is 13.1. The zero-order valence-electron chi connectivity index (χ0n) is 13.4. The lowest BCUT2D eigenvalue weighted by Gasteiger charge is -2.27. The van der Waals surface area contributed by atoms with Crippen LogP contribution in [0.3, 0.4) is 0 Å². The van der Waals surface area contributed by atoms with E-state index in [1.807, 2.05) is 6.92 Å². The van der Waals surface area contributed by atoms with E-state index in [1.165, 1.54) is 24.3 Å². The van der Waals surface area contributed by atoms with Gasteiger partial charge in [0.1, 0.15) is 17.5 Å². The number of hydrogen-bond donors (Lipinski definition) is 0. The van der Waals surface area contributed by atoms with Crippen molar-refractivity contribution in [2.24, 2.45) is 0 Å². The summed E-state index contributed by atoms with van der Waals surface area (Å²) in [5.74, 6) is 1.32. The van der Waals surface area contributed by atoms with Crippen molar-refractivity contribution in [2.75, 3.05) is 0 Å². The molecule has 4 rings (SSSR count). The molecule has 2 aliphatic rings. The van der Waals surface area contributed by atoms with Crippen LogP contribution >= 0.6 is 0 Å². The molecule has 2 aliphatic heterocycles. The van der Waals surface area contributed by atoms with Crippen molar-refractivity contribution in [2.45, 2.75) is 56.1 Å². The van der Waals surface area contributed by atoms with E-state index < -0.39 is 15.8 Å². The summed E-state index contributed by atoms with van der Waals surface area (Å²) in [6, 6.07) is 4.85. The minimum atomic E-state index is -3.65. The number of rotatable bonds is 3. The molecule has 8 heteroatoms. The molecule has 6 nitrogen and oxygen atoms in total. The summed E-state index contributed by atoms with van der Waals surface area (Å²) in [6.45, 7) is 2.61. The van der Waals surface area contributed by atoms with E-state index >= 15 is 0 Å². The minimum Gasteiger partial charge on any atom is -0.313 e. The number of fused-ring (bicyclic) bond motifs is 3. The van der Waals surface area contributed by atoms with Gasteiger partial charge in [0.2, 0.25) is 10.0 Å². The summed E-state index contributed by atoms with van der Waals surface area (Å²) in [4.78, 5) is 0.147. The van der Waals surface area contributed by atoms with Gasteiger partial charge in [-0.05, 0) is 37.1 Å². The molecule has 1 saturated heterocycles. The van der Waals surface area contributed by atoms with E-state index in [0.717, 1.165) is 30.9 Å². The Bertz CT molecular complexity index is 863. The lowest BCUT2D eigenvalue weighted by Crippen LogP contribution is -2.42. The summed E-state index contributed by atoms with van der Waals surface area (Å²) in [6.07, 6.45) is 2.99. The number of sulfonamides is 1. The fraction of sp³-hybridized carbons (Fsp3) is 0.500. The summed E-state index contributed by atoms with van der Waals surface area (Å²) in [5.41, 5.74) is 0. The maximum absolute atomic E-state index is 13.1. The number of aromatic nitrogens is 3. The fourth-order valence-electron chi connectivity index (χ4n) is 3.84. The Morgan fingerprint density at radius 3 is 2.58 bits per heavy atom. The Balaban J connectivity index is 1.72. The summed E-state index contributed by atoms with van der Waals surface area (Å²) in [5, 5.41) is 8.46. The first-order chi connectivity index (χ1) is 11.5. The number of halogens is 1. The van der Waals surface area contributed by atoms with Crippen LogP contribution in [0.4, 0.5) is 4.39 Å². The Morgan fingerprint density at radius 1 is 1.17 bits per heavy atom. The molecule has 0 aliphatic carbocycles. The van der Waals surface area contributed by atoms with Crippen molar-refractivity contribution in [3.05, 3.63) is 41.7 Å². The zero-order valence-corrected chi connectivity index (χ0v) is 14.2. The highest BCUT2D eigenvalue weighted by Crippen LogP contribution is 2.36. The molecule has 2 atom stereocenters. The van der Waals surface area contributed by atoms with Gasteiger partial charge in [0, 0.05) is 31.5 Å². The third-order valence-electron chi connectivity index (χ3n) is 4.97. The highest BCUT2D eigenvalue weighted by molar-refractivity contribution is 7.89. The molecular weight excluding hydrogens is 331 g/mol. The van der Waals surface area contributed by atoms with Crippen LogP contribution < -0.4 is 0 Å². The second-order valence-electron chi connectivity index (χ2n) is 6.37. The van der Waals surface area contributed by atoms with Crippen LogP contribution in [0.5, 0.6) is 0 Å². The standard InChI is InChI=1S/C16H19FN4O2S/c1-2-15-18-19-16-9-12-5-6-13(10-20(15)16)21(12)24(22,23)14-7-3-11(17)4-8-14/h3-4,7-8,12-13H,2,5-6,9-10H2,1H3. The average molecular weight is 350 g/mol. The quantitative estimate of drug-likeness (QED) is 0.846. The second-order valence-corrected chi connectivity index (χ2v) is 8.22. The van der Waals surface area contributed by atoms with Crippen LogP contribution in [0.15, 0.2) is 29.2 Å². The van der Waals surface area contributed by atoms with E-state index in [2.05, 4.69) is 14.8 Å². The van der Waals surface area contributed by atoms with Gasteiger partial charge < -0.3 is 4.57 Å². The van der Waals surface area contributed by atoms with Crippen LogP contribution in [0.1, 0.15) is 31.4 Å². The molecule has 3 heterocycles. The van der Waals surface area contributed by atoms with Gasteiger partial charge >= 0.3 is 0 Å². The predicted molar refractivity (Wildman–Crippen MR) is 85.3 cm³/mol. The third-order valence-corrected chi connectivity index (χ3v) is 6.99. The maximum Gasteiger partial charge on any atom is 0.243 e. The van der Waals surface area contributed by atoms with Crippen LogP contribution in [-0.4, -0.2) is 39.6 Å². The van der Waals surface area contributed by atoms with Crippen molar-refractivity contribution >= 4 is 10.0 Å². The molecule has 1 aromatic heterocycles. The largest absolute Gasteiger partial charge is 0.313 e. The molecule has 0 amide bonds. The van der Waals surface area contributed by atoms with E-state index in [9.17, 15) is 12.8 Å². The number of nitrogens with zero attached hydrogens (tertiary/aromatic N) is 4. The van der Waals surface area contributed by atoms with Gasteiger partial charge in [-0.25, -0.2) is 12.8 Å². The number of hydrogen-bond acceptors (Lipinski definition) is 4. The fourth-order valence-corrected chi connectivity index (χ4v) is 5.70. The Labute approximate surface area is 140 Å². The van der Waals surface area contributed by atoms with Gasteiger partial charge in [0.25, 0.3) is 0 Å². The number of aryl methyl sites for hydroxylation is 1. The summed E-state index contributed by atoms with van der Waals surface area (Å²) >= 11 is 0. The SMILES string of the molecule is CCc1nnc2n1CC1CCC(C2)N1S(=O)(=O)c1ccc(F)cc1. The monoisotopic (exact) mass is 350 g/mol. The Hall–Kier alpha value is -1.80. The van der Waals surface area contributed by atoms with Gasteiger partial charge in [-0.15, -0.1) is 10.2 Å². The van der Waals surface area contributed by atoms with Gasteiger partial charge in [0.15, 0.2) is 0 Å². The third kappa shape index (κ3) is 2.36. The van der Waals surface area contributed by atoms with Crippen LogP contribution in [0.2, 0.25) is 0 Å². The predicted octanol–water partition coefficient (Wildman–Crippen LogP) is 1.76. The molecule has 2 bridgehead atoms. The molecular formula is C16H19FN4O2S. The first-order valence-electron chi connectivity index (χ1n) is 8.20. The molecule has 1 fully saturated rings. The Morgan fingerprint density at radius 2 is 1.88 bits per heavy atom. The van der Waals surface area contributed by atoms with E-state index in [-0.39, 0.29) is 17.0 Å². The van der Waals surface area contributed by atoms with Crippen molar-refractivity contribution < 1.29 is 12.8 Å². The molecule has 2 aromatic rings. The molecule has 24 heavy (non-hydrogen) atoms.